The van der Waals surface area contributed by atoms with E-state index in [1.54, 1.807) is 24.3 Å². The van der Waals surface area contributed by atoms with Crippen molar-refractivity contribution in [2.75, 3.05) is 18.4 Å². The van der Waals surface area contributed by atoms with Gasteiger partial charge in [-0.05, 0) is 24.6 Å². The number of anilines is 1. The van der Waals surface area contributed by atoms with E-state index in [-0.39, 0.29) is 6.04 Å². The quantitative estimate of drug-likeness (QED) is 0.560. The molecule has 0 saturated carbocycles. The Morgan fingerprint density at radius 2 is 1.57 bits per heavy atom. The minimum Gasteiger partial charge on any atom is -0.368 e. The minimum absolute atomic E-state index is 0.115. The van der Waals surface area contributed by atoms with Crippen molar-refractivity contribution in [1.82, 2.24) is 4.90 Å². The number of carbonyl (C=O) groups is 3. The lowest BCUT2D eigenvalue weighted by Crippen LogP contribution is -2.45. The van der Waals surface area contributed by atoms with Crippen molar-refractivity contribution < 1.29 is 14.4 Å². The van der Waals surface area contributed by atoms with Gasteiger partial charge in [0.25, 0.3) is 0 Å². The fraction of sp³-hybridized carbons (Fsp3) is 0.308. The first-order chi connectivity index (χ1) is 9.79. The summed E-state index contributed by atoms with van der Waals surface area (Å²) >= 11 is 0. The topological polar surface area (TPSA) is 145 Å². The van der Waals surface area contributed by atoms with Gasteiger partial charge in [-0.25, -0.2) is 4.79 Å². The molecule has 0 aliphatic heterocycles. The molecule has 0 aliphatic rings. The second kappa shape index (κ2) is 7.25. The van der Waals surface area contributed by atoms with E-state index in [1.807, 2.05) is 6.92 Å². The Hall–Kier alpha value is -2.61. The number of hydrogen-bond donors (Lipinski definition) is 4. The van der Waals surface area contributed by atoms with Gasteiger partial charge in [0.15, 0.2) is 0 Å². The molecule has 1 atom stereocenters. The van der Waals surface area contributed by atoms with E-state index in [9.17, 15) is 14.4 Å². The highest BCUT2D eigenvalue weighted by Gasteiger charge is 2.18. The number of benzene rings is 1. The number of nitrogens with zero attached hydrogens (tertiary/aromatic N) is 1. The van der Waals surface area contributed by atoms with Crippen LogP contribution in [0.3, 0.4) is 0 Å². The number of urea groups is 1. The standard InChI is InChI=1S/C13H19N5O3/c1-8(14)9-2-4-10(5-3-9)17-13(21)18(6-11(15)19)7-12(16)20/h2-5,8H,6-7,14H2,1H3,(H2,15,19)(H2,16,20)(H,17,21). The summed E-state index contributed by atoms with van der Waals surface area (Å²) in [5, 5.41) is 2.55. The SMILES string of the molecule is CC(N)c1ccc(NC(=O)N(CC(N)=O)CC(N)=O)cc1. The summed E-state index contributed by atoms with van der Waals surface area (Å²) in [4.78, 5) is 34.7. The van der Waals surface area contributed by atoms with E-state index in [0.717, 1.165) is 10.5 Å². The molecule has 8 heteroatoms. The fourth-order valence-electron chi connectivity index (χ4n) is 1.65. The van der Waals surface area contributed by atoms with Crippen LogP contribution in [-0.2, 0) is 9.59 Å². The van der Waals surface area contributed by atoms with E-state index < -0.39 is 30.9 Å². The lowest BCUT2D eigenvalue weighted by Gasteiger charge is -2.20. The molecule has 0 spiro atoms. The van der Waals surface area contributed by atoms with Gasteiger partial charge >= 0.3 is 6.03 Å². The van der Waals surface area contributed by atoms with Crippen molar-refractivity contribution in [2.24, 2.45) is 17.2 Å². The number of primary amides is 2. The number of nitrogens with one attached hydrogen (secondary N) is 1. The zero-order chi connectivity index (χ0) is 16.0. The molecule has 1 aromatic carbocycles. The summed E-state index contributed by atoms with van der Waals surface area (Å²) in [6, 6.07) is 6.13. The highest BCUT2D eigenvalue weighted by Crippen LogP contribution is 2.14. The lowest BCUT2D eigenvalue weighted by atomic mass is 10.1. The van der Waals surface area contributed by atoms with Gasteiger partial charge in [-0.2, -0.15) is 0 Å². The summed E-state index contributed by atoms with van der Waals surface area (Å²) in [5.41, 5.74) is 17.2. The van der Waals surface area contributed by atoms with Gasteiger partial charge < -0.3 is 27.4 Å². The fourth-order valence-corrected chi connectivity index (χ4v) is 1.65. The number of rotatable bonds is 6. The normalized spacial score (nSPS) is 11.5. The molecule has 0 radical (unpaired) electrons. The molecule has 0 saturated heterocycles. The molecule has 1 aromatic rings. The Morgan fingerprint density at radius 3 is 1.95 bits per heavy atom. The van der Waals surface area contributed by atoms with Gasteiger partial charge in [-0.1, -0.05) is 12.1 Å². The molecule has 0 fully saturated rings. The van der Waals surface area contributed by atoms with Gasteiger partial charge in [0.05, 0.1) is 0 Å². The van der Waals surface area contributed by atoms with E-state index in [2.05, 4.69) is 5.32 Å². The molecule has 0 heterocycles. The third-order valence-electron chi connectivity index (χ3n) is 2.67. The minimum atomic E-state index is -0.737. The smallest absolute Gasteiger partial charge is 0.322 e. The molecule has 8 nitrogen and oxygen atoms in total. The number of amides is 4. The molecule has 1 rings (SSSR count). The van der Waals surface area contributed by atoms with Gasteiger partial charge in [-0.3, -0.25) is 9.59 Å². The van der Waals surface area contributed by atoms with Crippen molar-refractivity contribution in [2.45, 2.75) is 13.0 Å². The molecule has 7 N–H and O–H groups in total. The highest BCUT2D eigenvalue weighted by molar-refractivity contribution is 5.94. The molecule has 4 amide bonds. The molecule has 1 unspecified atom stereocenters. The van der Waals surface area contributed by atoms with Crippen molar-refractivity contribution in [3.05, 3.63) is 29.8 Å². The third kappa shape index (κ3) is 5.49. The van der Waals surface area contributed by atoms with E-state index in [4.69, 9.17) is 17.2 Å². The molecule has 0 aliphatic carbocycles. The summed E-state index contributed by atoms with van der Waals surface area (Å²) in [6.45, 7) is 1.05. The molecule has 0 bridgehead atoms. The number of nitrogens with two attached hydrogens (primary N) is 3. The second-order valence-corrected chi connectivity index (χ2v) is 4.63. The molecule has 21 heavy (non-hydrogen) atoms. The largest absolute Gasteiger partial charge is 0.368 e. The summed E-state index contributed by atoms with van der Waals surface area (Å²) in [6.07, 6.45) is 0. The first-order valence-corrected chi connectivity index (χ1v) is 6.27. The van der Waals surface area contributed by atoms with Crippen LogP contribution < -0.4 is 22.5 Å². The molecule has 0 aromatic heterocycles. The average molecular weight is 293 g/mol. The van der Waals surface area contributed by atoms with Crippen LogP contribution in [0.1, 0.15) is 18.5 Å². The van der Waals surface area contributed by atoms with E-state index in [0.29, 0.717) is 5.69 Å². The van der Waals surface area contributed by atoms with Gasteiger partial charge in [0, 0.05) is 11.7 Å². The Bertz CT molecular complexity index is 511. The van der Waals surface area contributed by atoms with E-state index in [1.165, 1.54) is 0 Å². The average Bonchev–Trinajstić information content (AvgIpc) is 2.37. The Morgan fingerprint density at radius 1 is 1.10 bits per heavy atom. The summed E-state index contributed by atoms with van der Waals surface area (Å²) in [7, 11) is 0. The van der Waals surface area contributed by atoms with Crippen LogP contribution in [0.5, 0.6) is 0 Å². The zero-order valence-corrected chi connectivity index (χ0v) is 11.7. The number of hydrogen-bond acceptors (Lipinski definition) is 4. The molecular formula is C13H19N5O3. The molecule has 114 valence electrons. The lowest BCUT2D eigenvalue weighted by molar-refractivity contribution is -0.120. The second-order valence-electron chi connectivity index (χ2n) is 4.63. The first kappa shape index (κ1) is 16.4. The van der Waals surface area contributed by atoms with Crippen LogP contribution in [0.4, 0.5) is 10.5 Å². The predicted molar refractivity (Wildman–Crippen MR) is 78.0 cm³/mol. The highest BCUT2D eigenvalue weighted by atomic mass is 16.2. The number of carbonyl (C=O) groups excluding carboxylic acids is 3. The maximum absolute atomic E-state index is 12.0. The van der Waals surface area contributed by atoms with Crippen LogP contribution in [0.25, 0.3) is 0 Å². The van der Waals surface area contributed by atoms with Crippen molar-refractivity contribution in [3.8, 4) is 0 Å². The zero-order valence-electron chi connectivity index (χ0n) is 11.7. The maximum atomic E-state index is 12.0. The Labute approximate surface area is 122 Å². The summed E-state index contributed by atoms with van der Waals surface area (Å²) < 4.78 is 0. The van der Waals surface area contributed by atoms with Gasteiger partial charge in [0.1, 0.15) is 13.1 Å². The Kier molecular flexibility index (Phi) is 5.67. The van der Waals surface area contributed by atoms with Crippen molar-refractivity contribution in [3.63, 3.8) is 0 Å². The van der Waals surface area contributed by atoms with Crippen LogP contribution >= 0.6 is 0 Å². The van der Waals surface area contributed by atoms with Crippen LogP contribution in [-0.4, -0.2) is 35.8 Å². The van der Waals surface area contributed by atoms with Crippen molar-refractivity contribution in [1.29, 1.82) is 0 Å². The van der Waals surface area contributed by atoms with Crippen molar-refractivity contribution >= 4 is 23.5 Å². The predicted octanol–water partition coefficient (Wildman–Crippen LogP) is -0.489. The van der Waals surface area contributed by atoms with Crippen LogP contribution in [0, 0.1) is 0 Å². The van der Waals surface area contributed by atoms with E-state index >= 15 is 0 Å². The van der Waals surface area contributed by atoms with Crippen LogP contribution in [0.15, 0.2) is 24.3 Å². The molecular weight excluding hydrogens is 274 g/mol. The monoisotopic (exact) mass is 293 g/mol. The summed E-state index contributed by atoms with van der Waals surface area (Å²) in [5.74, 6) is -1.47. The van der Waals surface area contributed by atoms with Gasteiger partial charge in [-0.15, -0.1) is 0 Å². The maximum Gasteiger partial charge on any atom is 0.322 e. The third-order valence-corrected chi connectivity index (χ3v) is 2.67. The van der Waals surface area contributed by atoms with Crippen LogP contribution in [0.2, 0.25) is 0 Å². The Balaban J connectivity index is 2.75. The van der Waals surface area contributed by atoms with Gasteiger partial charge in [0.2, 0.25) is 11.8 Å². The first-order valence-electron chi connectivity index (χ1n) is 6.27.